The van der Waals surface area contributed by atoms with Gasteiger partial charge in [0, 0.05) is 25.2 Å². The van der Waals surface area contributed by atoms with Gasteiger partial charge in [0.1, 0.15) is 5.75 Å². The zero-order chi connectivity index (χ0) is 19.9. The van der Waals surface area contributed by atoms with E-state index in [9.17, 15) is 13.2 Å². The number of carbonyl (C=O) groups excluding carboxylic acids is 1. The van der Waals surface area contributed by atoms with Crippen molar-refractivity contribution in [2.45, 2.75) is 11.4 Å². The maximum absolute atomic E-state index is 12.5. The summed E-state index contributed by atoms with van der Waals surface area (Å²) in [5.41, 5.74) is 1.11. The average molecular weight is 391 g/mol. The molecular weight excluding hydrogens is 366 g/mol. The van der Waals surface area contributed by atoms with Crippen molar-refractivity contribution < 1.29 is 17.9 Å². The highest BCUT2D eigenvalue weighted by molar-refractivity contribution is 7.89. The molecule has 146 valence electrons. The van der Waals surface area contributed by atoms with Crippen LogP contribution in [0.25, 0.3) is 0 Å². The number of rotatable bonds is 9. The Balaban J connectivity index is 2.03. The third-order valence-corrected chi connectivity index (χ3v) is 5.28. The maximum atomic E-state index is 12.5. The molecule has 0 saturated carbocycles. The molecule has 2 aromatic carbocycles. The third-order valence-electron chi connectivity index (χ3n) is 3.88. The van der Waals surface area contributed by atoms with Gasteiger partial charge in [0.15, 0.2) is 0 Å². The van der Waals surface area contributed by atoms with Crippen LogP contribution >= 0.6 is 0 Å². The third kappa shape index (κ3) is 6.35. The molecule has 0 aliphatic heterocycles. The second kappa shape index (κ2) is 9.50. The molecule has 0 aromatic heterocycles. The van der Waals surface area contributed by atoms with Gasteiger partial charge in [-0.2, -0.15) is 0 Å². The van der Waals surface area contributed by atoms with Crippen LogP contribution in [0.1, 0.15) is 15.9 Å². The van der Waals surface area contributed by atoms with Crippen LogP contribution in [0.15, 0.2) is 53.4 Å². The summed E-state index contributed by atoms with van der Waals surface area (Å²) in [6, 6.07) is 13.1. The lowest BCUT2D eigenvalue weighted by Gasteiger charge is -2.11. The SMILES string of the molecule is COc1ccc(CNS(=O)(=O)c2cccc(C(=O)NCCN(C)C)c2)cc1. The van der Waals surface area contributed by atoms with E-state index in [0.29, 0.717) is 24.4 Å². The quantitative estimate of drug-likeness (QED) is 0.676. The summed E-state index contributed by atoms with van der Waals surface area (Å²) < 4.78 is 32.7. The van der Waals surface area contributed by atoms with Crippen LogP contribution in [0.4, 0.5) is 0 Å². The van der Waals surface area contributed by atoms with E-state index in [4.69, 9.17) is 4.74 Å². The number of hydrogen-bond acceptors (Lipinski definition) is 5. The van der Waals surface area contributed by atoms with Crippen LogP contribution < -0.4 is 14.8 Å². The molecule has 8 heteroatoms. The molecule has 2 N–H and O–H groups in total. The number of likely N-dealkylation sites (N-methyl/N-ethyl adjacent to an activating group) is 1. The van der Waals surface area contributed by atoms with Crippen molar-refractivity contribution in [1.29, 1.82) is 0 Å². The molecular formula is C19H25N3O4S. The maximum Gasteiger partial charge on any atom is 0.251 e. The summed E-state index contributed by atoms with van der Waals surface area (Å²) in [6.07, 6.45) is 0. The van der Waals surface area contributed by atoms with Gasteiger partial charge in [-0.05, 0) is 50.0 Å². The van der Waals surface area contributed by atoms with E-state index in [1.807, 2.05) is 19.0 Å². The molecule has 0 aliphatic carbocycles. The monoisotopic (exact) mass is 391 g/mol. The zero-order valence-corrected chi connectivity index (χ0v) is 16.5. The molecule has 1 amide bonds. The van der Waals surface area contributed by atoms with E-state index in [1.54, 1.807) is 43.5 Å². The summed E-state index contributed by atoms with van der Waals surface area (Å²) in [4.78, 5) is 14.2. The number of methoxy groups -OCH3 is 1. The molecule has 0 fully saturated rings. The fourth-order valence-electron chi connectivity index (χ4n) is 2.30. The number of nitrogens with one attached hydrogen (secondary N) is 2. The summed E-state index contributed by atoms with van der Waals surface area (Å²) in [5.74, 6) is 0.402. The molecule has 0 aliphatic rings. The second-order valence-corrected chi connectivity index (χ2v) is 8.03. The van der Waals surface area contributed by atoms with Gasteiger partial charge in [-0.1, -0.05) is 18.2 Å². The topological polar surface area (TPSA) is 87.7 Å². The first-order valence-corrected chi connectivity index (χ1v) is 9.96. The molecule has 0 bridgehead atoms. The highest BCUT2D eigenvalue weighted by Crippen LogP contribution is 2.14. The molecule has 7 nitrogen and oxygen atoms in total. The first kappa shape index (κ1) is 20.9. The fourth-order valence-corrected chi connectivity index (χ4v) is 3.37. The van der Waals surface area contributed by atoms with Crippen LogP contribution in [0.2, 0.25) is 0 Å². The molecule has 2 rings (SSSR count). The van der Waals surface area contributed by atoms with Gasteiger partial charge in [-0.25, -0.2) is 13.1 Å². The van der Waals surface area contributed by atoms with Crippen LogP contribution in [-0.2, 0) is 16.6 Å². The number of sulfonamides is 1. The summed E-state index contributed by atoms with van der Waals surface area (Å²) in [5, 5.41) is 2.77. The van der Waals surface area contributed by atoms with Gasteiger partial charge in [0.25, 0.3) is 5.91 Å². The number of ether oxygens (including phenoxy) is 1. The van der Waals surface area contributed by atoms with Crippen LogP contribution in [0.3, 0.4) is 0 Å². The average Bonchev–Trinajstić information content (AvgIpc) is 2.66. The highest BCUT2D eigenvalue weighted by atomic mass is 32.2. The van der Waals surface area contributed by atoms with Crippen LogP contribution in [-0.4, -0.2) is 53.5 Å². The zero-order valence-electron chi connectivity index (χ0n) is 15.7. The van der Waals surface area contributed by atoms with Crippen molar-refractivity contribution in [3.63, 3.8) is 0 Å². The van der Waals surface area contributed by atoms with Crippen molar-refractivity contribution in [2.75, 3.05) is 34.3 Å². The molecule has 27 heavy (non-hydrogen) atoms. The Morgan fingerprint density at radius 2 is 1.81 bits per heavy atom. The van der Waals surface area contributed by atoms with Gasteiger partial charge in [0.2, 0.25) is 10.0 Å². The number of nitrogens with zero attached hydrogens (tertiary/aromatic N) is 1. The molecule has 0 spiro atoms. The standard InChI is InChI=1S/C19H25N3O4S/c1-22(2)12-11-20-19(23)16-5-4-6-18(13-16)27(24,25)21-14-15-7-9-17(26-3)10-8-15/h4-10,13,21H,11-12,14H2,1-3H3,(H,20,23). The normalized spacial score (nSPS) is 11.4. The van der Waals surface area contributed by atoms with E-state index in [2.05, 4.69) is 10.0 Å². The highest BCUT2D eigenvalue weighted by Gasteiger charge is 2.16. The predicted molar refractivity (Wildman–Crippen MR) is 104 cm³/mol. The molecule has 0 unspecified atom stereocenters. The summed E-state index contributed by atoms with van der Waals surface area (Å²) in [7, 11) is 1.66. The van der Waals surface area contributed by atoms with Gasteiger partial charge in [-0.3, -0.25) is 4.79 Å². The first-order valence-electron chi connectivity index (χ1n) is 8.47. The van der Waals surface area contributed by atoms with Crippen molar-refractivity contribution in [3.8, 4) is 5.75 Å². The number of hydrogen-bond donors (Lipinski definition) is 2. The number of benzene rings is 2. The van der Waals surface area contributed by atoms with E-state index < -0.39 is 10.0 Å². The van der Waals surface area contributed by atoms with Gasteiger partial charge in [-0.15, -0.1) is 0 Å². The minimum Gasteiger partial charge on any atom is -0.497 e. The van der Waals surface area contributed by atoms with E-state index in [-0.39, 0.29) is 17.3 Å². The lowest BCUT2D eigenvalue weighted by molar-refractivity contribution is 0.0951. The van der Waals surface area contributed by atoms with Gasteiger partial charge >= 0.3 is 0 Å². The lowest BCUT2D eigenvalue weighted by atomic mass is 10.2. The molecule has 2 aromatic rings. The molecule has 0 radical (unpaired) electrons. The number of amides is 1. The van der Waals surface area contributed by atoms with E-state index >= 15 is 0 Å². The first-order chi connectivity index (χ1) is 12.8. The minimum absolute atomic E-state index is 0.0521. The number of carbonyl (C=O) groups is 1. The summed E-state index contributed by atoms with van der Waals surface area (Å²) >= 11 is 0. The molecule has 0 saturated heterocycles. The largest absolute Gasteiger partial charge is 0.497 e. The smallest absolute Gasteiger partial charge is 0.251 e. The Morgan fingerprint density at radius 3 is 2.44 bits per heavy atom. The lowest BCUT2D eigenvalue weighted by Crippen LogP contribution is -2.31. The Labute approximate surface area is 160 Å². The van der Waals surface area contributed by atoms with Crippen molar-refractivity contribution >= 4 is 15.9 Å². The fraction of sp³-hybridized carbons (Fsp3) is 0.316. The van der Waals surface area contributed by atoms with Crippen molar-refractivity contribution in [3.05, 3.63) is 59.7 Å². The molecule has 0 atom stereocenters. The van der Waals surface area contributed by atoms with Gasteiger partial charge < -0.3 is 15.0 Å². The Hall–Kier alpha value is -2.42. The minimum atomic E-state index is -3.73. The predicted octanol–water partition coefficient (Wildman–Crippen LogP) is 1.47. The second-order valence-electron chi connectivity index (χ2n) is 6.26. The van der Waals surface area contributed by atoms with Crippen molar-refractivity contribution in [1.82, 2.24) is 14.9 Å². The van der Waals surface area contributed by atoms with Gasteiger partial charge in [0.05, 0.1) is 12.0 Å². The van der Waals surface area contributed by atoms with E-state index in [0.717, 1.165) is 5.56 Å². The molecule has 0 heterocycles. The van der Waals surface area contributed by atoms with Crippen LogP contribution in [0, 0.1) is 0 Å². The van der Waals surface area contributed by atoms with Crippen LogP contribution in [0.5, 0.6) is 5.75 Å². The Morgan fingerprint density at radius 1 is 1.11 bits per heavy atom. The summed E-state index contributed by atoms with van der Waals surface area (Å²) in [6.45, 7) is 1.33. The Bertz CT molecular complexity index is 865. The Kier molecular flexibility index (Phi) is 7.35. The van der Waals surface area contributed by atoms with Crippen molar-refractivity contribution in [2.24, 2.45) is 0 Å². The van der Waals surface area contributed by atoms with E-state index in [1.165, 1.54) is 12.1 Å².